The van der Waals surface area contributed by atoms with Crippen molar-refractivity contribution in [2.45, 2.75) is 64.6 Å². The van der Waals surface area contributed by atoms with E-state index in [2.05, 4.69) is 20.9 Å². The first-order valence-corrected chi connectivity index (χ1v) is 8.45. The highest BCUT2D eigenvalue weighted by molar-refractivity contribution is 5.79. The number of nitrogens with zero attached hydrogens (tertiary/aromatic N) is 1. The molecule has 0 aromatic carbocycles. The first-order valence-electron chi connectivity index (χ1n) is 8.45. The van der Waals surface area contributed by atoms with Crippen molar-refractivity contribution >= 4 is 12.1 Å². The van der Waals surface area contributed by atoms with Gasteiger partial charge in [0.1, 0.15) is 5.60 Å². The minimum atomic E-state index is -0.656. The van der Waals surface area contributed by atoms with Gasteiger partial charge in [-0.2, -0.15) is 0 Å². The van der Waals surface area contributed by atoms with Crippen molar-refractivity contribution in [3.63, 3.8) is 0 Å². The molecule has 0 saturated heterocycles. The van der Waals surface area contributed by atoms with Gasteiger partial charge in [0.25, 0.3) is 0 Å². The topological polar surface area (TPSA) is 95.0 Å². The van der Waals surface area contributed by atoms with Crippen LogP contribution in [-0.4, -0.2) is 54.5 Å². The molecule has 4 N–H and O–H groups in total. The quantitative estimate of drug-likeness (QED) is 0.336. The number of nitrogens with one attached hydrogen (secondary N) is 3. The van der Waals surface area contributed by atoms with Gasteiger partial charge in [-0.3, -0.25) is 4.99 Å². The van der Waals surface area contributed by atoms with E-state index in [1.165, 1.54) is 0 Å². The van der Waals surface area contributed by atoms with Crippen LogP contribution in [0.1, 0.15) is 53.4 Å². The molecule has 1 amide bonds. The molecule has 0 atom stereocenters. The molecule has 0 bridgehead atoms. The molecule has 1 rings (SSSR count). The summed E-state index contributed by atoms with van der Waals surface area (Å²) >= 11 is 0. The van der Waals surface area contributed by atoms with E-state index in [4.69, 9.17) is 4.74 Å². The fourth-order valence-electron chi connectivity index (χ4n) is 2.42. The fraction of sp³-hybridized carbons (Fsp3) is 0.875. The monoisotopic (exact) mass is 328 g/mol. The summed E-state index contributed by atoms with van der Waals surface area (Å²) < 4.78 is 5.16. The summed E-state index contributed by atoms with van der Waals surface area (Å²) in [5, 5.41) is 19.3. The highest BCUT2D eigenvalue weighted by Crippen LogP contribution is 2.29. The summed E-state index contributed by atoms with van der Waals surface area (Å²) in [7, 11) is 0. The molecule has 7 heteroatoms. The van der Waals surface area contributed by atoms with E-state index < -0.39 is 17.3 Å². The molecular formula is C16H32N4O3. The van der Waals surface area contributed by atoms with Gasteiger partial charge < -0.3 is 25.8 Å². The number of alkyl carbamates (subject to hydrolysis) is 1. The van der Waals surface area contributed by atoms with Crippen molar-refractivity contribution < 1.29 is 14.6 Å². The van der Waals surface area contributed by atoms with Crippen LogP contribution in [0, 0.1) is 0 Å². The van der Waals surface area contributed by atoms with Crippen molar-refractivity contribution in [2.75, 3.05) is 26.2 Å². The Morgan fingerprint density at radius 1 is 1.17 bits per heavy atom. The Bertz CT molecular complexity index is 399. The van der Waals surface area contributed by atoms with Crippen molar-refractivity contribution in [3.8, 4) is 0 Å². The molecule has 0 aromatic heterocycles. The molecule has 134 valence electrons. The molecule has 0 spiro atoms. The normalized spacial score (nSPS) is 17.7. The second-order valence-corrected chi connectivity index (χ2v) is 6.98. The molecule has 0 heterocycles. The molecule has 1 saturated carbocycles. The zero-order valence-electron chi connectivity index (χ0n) is 14.9. The Labute approximate surface area is 139 Å². The molecule has 0 aromatic rings. The minimum Gasteiger partial charge on any atom is -0.444 e. The Morgan fingerprint density at radius 2 is 1.78 bits per heavy atom. The van der Waals surface area contributed by atoms with Crippen LogP contribution < -0.4 is 16.0 Å². The molecule has 1 aliphatic rings. The summed E-state index contributed by atoms with van der Waals surface area (Å²) in [6.07, 6.45) is 3.33. The highest BCUT2D eigenvalue weighted by Gasteiger charge is 2.30. The molecule has 1 fully saturated rings. The first kappa shape index (κ1) is 19.5. The van der Waals surface area contributed by atoms with E-state index in [1.807, 2.05) is 27.7 Å². The van der Waals surface area contributed by atoms with E-state index in [9.17, 15) is 9.90 Å². The molecule has 0 radical (unpaired) electrons. The van der Waals surface area contributed by atoms with E-state index >= 15 is 0 Å². The lowest BCUT2D eigenvalue weighted by Gasteiger charge is -2.21. The maximum atomic E-state index is 11.5. The fourth-order valence-corrected chi connectivity index (χ4v) is 2.42. The highest BCUT2D eigenvalue weighted by atomic mass is 16.6. The number of carbonyl (C=O) groups is 1. The second-order valence-electron chi connectivity index (χ2n) is 6.98. The number of rotatable bonds is 6. The van der Waals surface area contributed by atoms with Gasteiger partial charge in [0.15, 0.2) is 5.96 Å². The smallest absolute Gasteiger partial charge is 0.407 e. The molecule has 7 nitrogen and oxygen atoms in total. The predicted molar refractivity (Wildman–Crippen MR) is 91.6 cm³/mol. The minimum absolute atomic E-state index is 0.405. The third-order valence-corrected chi connectivity index (χ3v) is 3.50. The lowest BCUT2D eigenvalue weighted by molar-refractivity contribution is 0.0528. The number of hydrogen-bond acceptors (Lipinski definition) is 4. The van der Waals surface area contributed by atoms with Crippen molar-refractivity contribution in [3.05, 3.63) is 0 Å². The maximum absolute atomic E-state index is 11.5. The molecule has 0 unspecified atom stereocenters. The lowest BCUT2D eigenvalue weighted by atomic mass is 10.0. The van der Waals surface area contributed by atoms with Gasteiger partial charge in [-0.1, -0.05) is 12.8 Å². The van der Waals surface area contributed by atoms with Crippen LogP contribution in [0.5, 0.6) is 0 Å². The van der Waals surface area contributed by atoms with Gasteiger partial charge in [-0.05, 0) is 40.5 Å². The SMILES string of the molecule is CCNC(=NCC1(O)CCCC1)NCCNC(=O)OC(C)(C)C. The van der Waals surface area contributed by atoms with Crippen LogP contribution in [-0.2, 0) is 4.74 Å². The van der Waals surface area contributed by atoms with Crippen LogP contribution in [0.25, 0.3) is 0 Å². The van der Waals surface area contributed by atoms with Gasteiger partial charge in [0.2, 0.25) is 0 Å². The van der Waals surface area contributed by atoms with Crippen LogP contribution in [0.4, 0.5) is 4.79 Å². The Balaban J connectivity index is 2.31. The van der Waals surface area contributed by atoms with Gasteiger partial charge >= 0.3 is 6.09 Å². The lowest BCUT2D eigenvalue weighted by Crippen LogP contribution is -2.43. The number of carbonyl (C=O) groups excluding carboxylic acids is 1. The standard InChI is InChI=1S/C16H32N4O3/c1-5-17-13(20-12-16(22)8-6-7-9-16)18-10-11-19-14(21)23-15(2,3)4/h22H,5-12H2,1-4H3,(H,19,21)(H2,17,18,20). The number of aliphatic imine (C=N–C) groups is 1. The molecular weight excluding hydrogens is 296 g/mol. The summed E-state index contributed by atoms with van der Waals surface area (Å²) in [5.41, 5.74) is -1.15. The van der Waals surface area contributed by atoms with Crippen molar-refractivity contribution in [1.29, 1.82) is 0 Å². The van der Waals surface area contributed by atoms with Gasteiger partial charge in [-0.15, -0.1) is 0 Å². The van der Waals surface area contributed by atoms with Gasteiger partial charge in [0.05, 0.1) is 12.1 Å². The van der Waals surface area contributed by atoms with Crippen LogP contribution in [0.2, 0.25) is 0 Å². The summed E-state index contributed by atoms with van der Waals surface area (Å²) in [6, 6.07) is 0. The average molecular weight is 328 g/mol. The third kappa shape index (κ3) is 8.64. The van der Waals surface area contributed by atoms with Crippen LogP contribution in [0.3, 0.4) is 0 Å². The number of hydrogen-bond donors (Lipinski definition) is 4. The van der Waals surface area contributed by atoms with E-state index in [1.54, 1.807) is 0 Å². The molecule has 23 heavy (non-hydrogen) atoms. The number of ether oxygens (including phenoxy) is 1. The Morgan fingerprint density at radius 3 is 2.35 bits per heavy atom. The van der Waals surface area contributed by atoms with E-state index in [0.29, 0.717) is 25.6 Å². The zero-order chi connectivity index (χ0) is 17.3. The number of amides is 1. The zero-order valence-corrected chi connectivity index (χ0v) is 14.9. The second kappa shape index (κ2) is 8.96. The maximum Gasteiger partial charge on any atom is 0.407 e. The summed E-state index contributed by atoms with van der Waals surface area (Å²) in [6.45, 7) is 9.58. The largest absolute Gasteiger partial charge is 0.444 e. The molecule has 1 aliphatic carbocycles. The molecule has 0 aliphatic heterocycles. The van der Waals surface area contributed by atoms with E-state index in [-0.39, 0.29) is 0 Å². The Kier molecular flexibility index (Phi) is 7.61. The van der Waals surface area contributed by atoms with Crippen LogP contribution >= 0.6 is 0 Å². The number of aliphatic hydroxyl groups is 1. The van der Waals surface area contributed by atoms with Crippen molar-refractivity contribution in [1.82, 2.24) is 16.0 Å². The van der Waals surface area contributed by atoms with Gasteiger partial charge in [0, 0.05) is 19.6 Å². The summed E-state index contributed by atoms with van der Waals surface area (Å²) in [5.74, 6) is 0.652. The van der Waals surface area contributed by atoms with Crippen molar-refractivity contribution in [2.24, 2.45) is 4.99 Å². The predicted octanol–water partition coefficient (Wildman–Crippen LogP) is 1.37. The first-order chi connectivity index (χ1) is 10.7. The van der Waals surface area contributed by atoms with Crippen LogP contribution in [0.15, 0.2) is 4.99 Å². The third-order valence-electron chi connectivity index (χ3n) is 3.50. The number of guanidine groups is 1. The average Bonchev–Trinajstić information content (AvgIpc) is 2.86. The summed E-state index contributed by atoms with van der Waals surface area (Å²) in [4.78, 5) is 16.0. The van der Waals surface area contributed by atoms with Gasteiger partial charge in [-0.25, -0.2) is 4.79 Å². The van der Waals surface area contributed by atoms with E-state index in [0.717, 1.165) is 32.2 Å². The Hall–Kier alpha value is -1.50.